The fraction of sp³-hybridized carbons (Fsp3) is 0.467. The highest BCUT2D eigenvalue weighted by molar-refractivity contribution is 7.86. The van der Waals surface area contributed by atoms with Crippen molar-refractivity contribution in [3.8, 4) is 5.75 Å². The summed E-state index contributed by atoms with van der Waals surface area (Å²) < 4.78 is 37.9. The predicted octanol–water partition coefficient (Wildman–Crippen LogP) is 0.403. The standard InChI is InChI=1S/C15H19NO7S/c1-9-11(5-4-6-13(9)22-10(2)18)15-16-12(8-21-15)14(7-17)23-24(3,19)20/h4-6,12,14,17H,7-8H2,1-3H3/t12-,14+/m0/s1. The van der Waals surface area contributed by atoms with E-state index in [0.29, 0.717) is 16.9 Å². The highest BCUT2D eigenvalue weighted by Gasteiger charge is 2.31. The molecule has 0 amide bonds. The summed E-state index contributed by atoms with van der Waals surface area (Å²) in [5.74, 6) is 0.229. The number of aliphatic imine (C=N–C) groups is 1. The number of ether oxygens (including phenoxy) is 2. The third-order valence-electron chi connectivity index (χ3n) is 3.35. The fourth-order valence-electron chi connectivity index (χ4n) is 2.28. The second-order valence-corrected chi connectivity index (χ2v) is 6.96. The number of nitrogens with zero attached hydrogens (tertiary/aromatic N) is 1. The Morgan fingerprint density at radius 1 is 1.50 bits per heavy atom. The van der Waals surface area contributed by atoms with E-state index in [2.05, 4.69) is 4.99 Å². The smallest absolute Gasteiger partial charge is 0.308 e. The number of carbonyl (C=O) groups excluding carboxylic acids is 1. The van der Waals surface area contributed by atoms with Crippen molar-refractivity contribution in [1.82, 2.24) is 0 Å². The summed E-state index contributed by atoms with van der Waals surface area (Å²) in [6, 6.07) is 4.43. The highest BCUT2D eigenvalue weighted by atomic mass is 32.2. The molecule has 1 aromatic carbocycles. The van der Waals surface area contributed by atoms with Gasteiger partial charge in [-0.3, -0.25) is 8.98 Å². The Morgan fingerprint density at radius 3 is 2.79 bits per heavy atom. The molecule has 132 valence electrons. The van der Waals surface area contributed by atoms with Gasteiger partial charge in [0.2, 0.25) is 5.90 Å². The third-order valence-corrected chi connectivity index (χ3v) is 3.95. The van der Waals surface area contributed by atoms with Crippen LogP contribution in [0.15, 0.2) is 23.2 Å². The molecule has 0 saturated carbocycles. The van der Waals surface area contributed by atoms with Gasteiger partial charge >= 0.3 is 5.97 Å². The van der Waals surface area contributed by atoms with Crippen molar-refractivity contribution < 1.29 is 32.0 Å². The van der Waals surface area contributed by atoms with Crippen molar-refractivity contribution in [2.24, 2.45) is 4.99 Å². The second-order valence-electron chi connectivity index (χ2n) is 5.36. The number of aliphatic hydroxyl groups is 1. The van der Waals surface area contributed by atoms with Gasteiger partial charge in [0, 0.05) is 18.1 Å². The second kappa shape index (κ2) is 7.29. The van der Waals surface area contributed by atoms with Crippen molar-refractivity contribution >= 4 is 22.0 Å². The summed E-state index contributed by atoms with van der Waals surface area (Å²) in [4.78, 5) is 15.4. The molecule has 1 N–H and O–H groups in total. The first kappa shape index (κ1) is 18.4. The molecule has 1 aromatic rings. The number of rotatable bonds is 6. The molecule has 0 aromatic heterocycles. The number of esters is 1. The van der Waals surface area contributed by atoms with Crippen molar-refractivity contribution in [3.05, 3.63) is 29.3 Å². The number of aliphatic hydroxyl groups excluding tert-OH is 1. The molecule has 1 aliphatic heterocycles. The lowest BCUT2D eigenvalue weighted by atomic mass is 10.1. The van der Waals surface area contributed by atoms with E-state index in [1.54, 1.807) is 25.1 Å². The first-order valence-electron chi connectivity index (χ1n) is 7.19. The molecule has 24 heavy (non-hydrogen) atoms. The van der Waals surface area contributed by atoms with Crippen LogP contribution >= 0.6 is 0 Å². The van der Waals surface area contributed by atoms with Gasteiger partial charge in [0.1, 0.15) is 24.5 Å². The number of benzene rings is 1. The Hall–Kier alpha value is -1.97. The zero-order valence-corrected chi connectivity index (χ0v) is 14.4. The van der Waals surface area contributed by atoms with E-state index >= 15 is 0 Å². The van der Waals surface area contributed by atoms with Crippen LogP contribution in [0.4, 0.5) is 0 Å². The minimum atomic E-state index is -3.73. The monoisotopic (exact) mass is 357 g/mol. The lowest BCUT2D eigenvalue weighted by Crippen LogP contribution is -2.34. The third kappa shape index (κ3) is 4.53. The van der Waals surface area contributed by atoms with Crippen LogP contribution in [0.2, 0.25) is 0 Å². The lowest BCUT2D eigenvalue weighted by Gasteiger charge is -2.16. The minimum absolute atomic E-state index is 0.0767. The number of hydrogen-bond acceptors (Lipinski definition) is 8. The molecule has 9 heteroatoms. The Kier molecular flexibility index (Phi) is 5.58. The van der Waals surface area contributed by atoms with Crippen molar-refractivity contribution in [2.45, 2.75) is 26.0 Å². The first-order valence-corrected chi connectivity index (χ1v) is 9.01. The molecule has 1 aliphatic rings. The van der Waals surface area contributed by atoms with Gasteiger partial charge in [-0.2, -0.15) is 8.42 Å². The molecule has 0 spiro atoms. The summed E-state index contributed by atoms with van der Waals surface area (Å²) in [6.45, 7) is 2.63. The largest absolute Gasteiger partial charge is 0.475 e. The van der Waals surface area contributed by atoms with Gasteiger partial charge in [-0.25, -0.2) is 4.99 Å². The number of hydrogen-bond donors (Lipinski definition) is 1. The quantitative estimate of drug-likeness (QED) is 0.446. The molecular weight excluding hydrogens is 338 g/mol. The fourth-order valence-corrected chi connectivity index (χ4v) is 2.92. The molecule has 0 unspecified atom stereocenters. The zero-order chi connectivity index (χ0) is 17.9. The molecule has 0 saturated heterocycles. The van der Waals surface area contributed by atoms with E-state index in [4.69, 9.17) is 13.7 Å². The molecule has 8 nitrogen and oxygen atoms in total. The Morgan fingerprint density at radius 2 is 2.21 bits per heavy atom. The molecule has 1 heterocycles. The van der Waals surface area contributed by atoms with Gasteiger partial charge in [-0.05, 0) is 19.1 Å². The summed E-state index contributed by atoms with van der Waals surface area (Å²) in [5.41, 5.74) is 1.28. The normalized spacial score (nSPS) is 18.7. The van der Waals surface area contributed by atoms with Crippen LogP contribution in [0.5, 0.6) is 5.75 Å². The van der Waals surface area contributed by atoms with Crippen LogP contribution in [-0.4, -0.2) is 57.0 Å². The molecule has 2 rings (SSSR count). The molecule has 0 aliphatic carbocycles. The molecule has 0 radical (unpaired) electrons. The van der Waals surface area contributed by atoms with Crippen molar-refractivity contribution in [2.75, 3.05) is 19.5 Å². The van der Waals surface area contributed by atoms with E-state index in [0.717, 1.165) is 6.26 Å². The molecule has 2 atom stereocenters. The minimum Gasteiger partial charge on any atom is -0.475 e. The van der Waals surface area contributed by atoms with Crippen LogP contribution in [0, 0.1) is 6.92 Å². The van der Waals surface area contributed by atoms with E-state index in [1.165, 1.54) is 6.92 Å². The summed E-state index contributed by atoms with van der Waals surface area (Å²) in [6.07, 6.45) is -0.113. The van der Waals surface area contributed by atoms with Gasteiger partial charge in [0.05, 0.1) is 12.9 Å². The average Bonchev–Trinajstić information content (AvgIpc) is 2.95. The predicted molar refractivity (Wildman–Crippen MR) is 85.6 cm³/mol. The summed E-state index contributed by atoms with van der Waals surface area (Å²) in [5, 5.41) is 9.33. The Balaban J connectivity index is 2.26. The average molecular weight is 357 g/mol. The maximum atomic E-state index is 11.2. The van der Waals surface area contributed by atoms with E-state index in [9.17, 15) is 18.3 Å². The van der Waals surface area contributed by atoms with E-state index in [1.807, 2.05) is 0 Å². The number of carbonyl (C=O) groups is 1. The Labute approximate surface area is 140 Å². The van der Waals surface area contributed by atoms with Gasteiger partial charge < -0.3 is 14.6 Å². The topological polar surface area (TPSA) is 111 Å². The van der Waals surface area contributed by atoms with E-state index < -0.39 is 34.8 Å². The first-order chi connectivity index (χ1) is 11.2. The van der Waals surface area contributed by atoms with Crippen LogP contribution in [0.3, 0.4) is 0 Å². The Bertz CT molecular complexity index is 757. The van der Waals surface area contributed by atoms with Gasteiger partial charge in [0.15, 0.2) is 0 Å². The lowest BCUT2D eigenvalue weighted by molar-refractivity contribution is -0.131. The van der Waals surface area contributed by atoms with Crippen LogP contribution in [0.25, 0.3) is 0 Å². The van der Waals surface area contributed by atoms with Crippen LogP contribution in [-0.2, 0) is 23.8 Å². The zero-order valence-electron chi connectivity index (χ0n) is 13.6. The van der Waals surface area contributed by atoms with Crippen LogP contribution in [0.1, 0.15) is 18.1 Å². The van der Waals surface area contributed by atoms with E-state index in [-0.39, 0.29) is 12.5 Å². The van der Waals surface area contributed by atoms with Crippen LogP contribution < -0.4 is 4.74 Å². The summed E-state index contributed by atoms with van der Waals surface area (Å²) in [7, 11) is -3.73. The summed E-state index contributed by atoms with van der Waals surface area (Å²) >= 11 is 0. The van der Waals surface area contributed by atoms with Crippen molar-refractivity contribution in [1.29, 1.82) is 0 Å². The molecule has 0 bridgehead atoms. The van der Waals surface area contributed by atoms with Crippen molar-refractivity contribution in [3.63, 3.8) is 0 Å². The van der Waals surface area contributed by atoms with Gasteiger partial charge in [-0.1, -0.05) is 6.07 Å². The van der Waals surface area contributed by atoms with Gasteiger partial charge in [-0.15, -0.1) is 0 Å². The molecular formula is C15H19NO7S. The maximum Gasteiger partial charge on any atom is 0.308 e. The molecule has 0 fully saturated rings. The SMILES string of the molecule is CC(=O)Oc1cccc(C2=N[C@H]([C@@H](CO)OS(C)(=O)=O)CO2)c1C. The van der Waals surface area contributed by atoms with Gasteiger partial charge in [0.25, 0.3) is 10.1 Å². The maximum absolute atomic E-state index is 11.2. The highest BCUT2D eigenvalue weighted by Crippen LogP contribution is 2.25.